The molecule has 0 atom stereocenters. The minimum Gasteiger partial charge on any atom is -0.497 e. The van der Waals surface area contributed by atoms with Gasteiger partial charge in [-0.2, -0.15) is 0 Å². The Hall–Kier alpha value is -3.52. The minimum absolute atomic E-state index is 0.872. The summed E-state index contributed by atoms with van der Waals surface area (Å²) in [7, 11) is 3.34. The average Bonchev–Trinajstić information content (AvgIpc) is 2.81. The third kappa shape index (κ3) is 5.24. The van der Waals surface area contributed by atoms with Crippen molar-refractivity contribution in [3.05, 3.63) is 109 Å². The zero-order valence-electron chi connectivity index (χ0n) is 16.2. The van der Waals surface area contributed by atoms with E-state index < -0.39 is 0 Å². The lowest BCUT2D eigenvalue weighted by atomic mass is 10.1. The lowest BCUT2D eigenvalue weighted by Gasteiger charge is -2.05. The maximum absolute atomic E-state index is 5.12. The quantitative estimate of drug-likeness (QED) is 0.398. The van der Waals surface area contributed by atoms with Crippen molar-refractivity contribution in [2.24, 2.45) is 0 Å². The first-order valence-corrected chi connectivity index (χ1v) is 9.19. The highest BCUT2D eigenvalue weighted by molar-refractivity contribution is 5.65. The van der Waals surface area contributed by atoms with Crippen LogP contribution in [0.2, 0.25) is 0 Å². The van der Waals surface area contributed by atoms with E-state index >= 15 is 0 Å². The summed E-state index contributed by atoms with van der Waals surface area (Å²) in [5, 5.41) is 0. The molecule has 28 heavy (non-hydrogen) atoms. The second-order valence-corrected chi connectivity index (χ2v) is 6.19. The molecule has 0 spiro atoms. The van der Waals surface area contributed by atoms with E-state index in [0.717, 1.165) is 11.5 Å². The molecule has 0 amide bonds. The smallest absolute Gasteiger partial charge is 0.118 e. The average molecular weight is 368 g/mol. The van der Waals surface area contributed by atoms with Gasteiger partial charge in [0.1, 0.15) is 11.5 Å². The lowest BCUT2D eigenvalue weighted by molar-refractivity contribution is 0.414. The van der Waals surface area contributed by atoms with E-state index in [9.17, 15) is 0 Å². The Labute approximate surface area is 167 Å². The Kier molecular flexibility index (Phi) is 6.86. The van der Waals surface area contributed by atoms with Crippen molar-refractivity contribution < 1.29 is 9.47 Å². The molecule has 4 aromatic rings. The highest BCUT2D eigenvalue weighted by Gasteiger charge is 1.98. The van der Waals surface area contributed by atoms with E-state index in [-0.39, 0.29) is 0 Å². The number of benzene rings is 4. The van der Waals surface area contributed by atoms with E-state index in [1.807, 2.05) is 60.7 Å². The molecular formula is C26H24O2. The molecule has 0 radical (unpaired) electrons. The predicted octanol–water partition coefficient (Wildman–Crippen LogP) is 6.72. The Balaban J connectivity index is 0.000000167. The first-order chi connectivity index (χ1) is 13.8. The molecule has 0 N–H and O–H groups in total. The van der Waals surface area contributed by atoms with E-state index in [2.05, 4.69) is 48.5 Å². The van der Waals surface area contributed by atoms with Gasteiger partial charge in [-0.1, -0.05) is 84.9 Å². The molecule has 0 saturated heterocycles. The molecule has 4 rings (SSSR count). The minimum atomic E-state index is 0.872. The molecule has 2 heteroatoms. The maximum atomic E-state index is 5.12. The van der Waals surface area contributed by atoms with Gasteiger partial charge in [0.25, 0.3) is 0 Å². The SMILES string of the molecule is COc1ccc(-c2ccc(OC)cc2)cc1.c1ccc(-c2ccccc2)cc1. The predicted molar refractivity (Wildman–Crippen MR) is 117 cm³/mol. The molecule has 140 valence electrons. The van der Waals surface area contributed by atoms with Gasteiger partial charge in [-0.3, -0.25) is 0 Å². The van der Waals surface area contributed by atoms with Gasteiger partial charge in [-0.25, -0.2) is 0 Å². The standard InChI is InChI=1S/C14H14O2.C12H10/c1-15-13-7-3-11(4-8-13)12-5-9-14(16-2)10-6-12;1-3-7-11(8-4-1)12-9-5-2-6-10-12/h3-10H,1-2H3;1-10H. The van der Waals surface area contributed by atoms with Gasteiger partial charge in [0.2, 0.25) is 0 Å². The van der Waals surface area contributed by atoms with Gasteiger partial charge in [-0.05, 0) is 46.5 Å². The Bertz CT molecular complexity index is 862. The zero-order chi connectivity index (χ0) is 19.6. The molecule has 0 bridgehead atoms. The van der Waals surface area contributed by atoms with Crippen LogP contribution in [0.25, 0.3) is 22.3 Å². The fraction of sp³-hybridized carbons (Fsp3) is 0.0769. The zero-order valence-corrected chi connectivity index (χ0v) is 16.2. The fourth-order valence-corrected chi connectivity index (χ4v) is 2.83. The van der Waals surface area contributed by atoms with Crippen LogP contribution < -0.4 is 9.47 Å². The van der Waals surface area contributed by atoms with Gasteiger partial charge in [0.05, 0.1) is 14.2 Å². The molecule has 0 unspecified atom stereocenters. The first-order valence-electron chi connectivity index (χ1n) is 9.19. The largest absolute Gasteiger partial charge is 0.497 e. The highest BCUT2D eigenvalue weighted by Crippen LogP contribution is 2.24. The summed E-state index contributed by atoms with van der Waals surface area (Å²) < 4.78 is 10.2. The Morgan fingerprint density at radius 3 is 0.929 bits per heavy atom. The number of methoxy groups -OCH3 is 2. The molecule has 0 aromatic heterocycles. The summed E-state index contributed by atoms with van der Waals surface area (Å²) in [6.07, 6.45) is 0. The summed E-state index contributed by atoms with van der Waals surface area (Å²) in [6, 6.07) is 36.8. The van der Waals surface area contributed by atoms with Crippen LogP contribution in [0.1, 0.15) is 0 Å². The summed E-state index contributed by atoms with van der Waals surface area (Å²) in [5.41, 5.74) is 4.89. The molecule has 0 saturated carbocycles. The Morgan fingerprint density at radius 2 is 0.643 bits per heavy atom. The Morgan fingerprint density at radius 1 is 0.357 bits per heavy atom. The van der Waals surface area contributed by atoms with Crippen molar-refractivity contribution in [3.8, 4) is 33.8 Å². The monoisotopic (exact) mass is 368 g/mol. The molecule has 0 aliphatic rings. The first kappa shape index (κ1) is 19.2. The number of hydrogen-bond donors (Lipinski definition) is 0. The number of ether oxygens (including phenoxy) is 2. The molecule has 0 fully saturated rings. The maximum Gasteiger partial charge on any atom is 0.118 e. The van der Waals surface area contributed by atoms with Crippen molar-refractivity contribution >= 4 is 0 Å². The van der Waals surface area contributed by atoms with Gasteiger partial charge in [0.15, 0.2) is 0 Å². The van der Waals surface area contributed by atoms with Gasteiger partial charge in [0, 0.05) is 0 Å². The molecule has 0 heterocycles. The van der Waals surface area contributed by atoms with Gasteiger partial charge in [-0.15, -0.1) is 0 Å². The topological polar surface area (TPSA) is 18.5 Å². The normalized spacial score (nSPS) is 9.79. The van der Waals surface area contributed by atoms with Crippen LogP contribution in [0.4, 0.5) is 0 Å². The second kappa shape index (κ2) is 9.98. The van der Waals surface area contributed by atoms with Crippen LogP contribution in [-0.4, -0.2) is 14.2 Å². The third-order valence-corrected chi connectivity index (χ3v) is 4.39. The van der Waals surface area contributed by atoms with Crippen LogP contribution in [0.5, 0.6) is 11.5 Å². The van der Waals surface area contributed by atoms with Crippen LogP contribution in [-0.2, 0) is 0 Å². The van der Waals surface area contributed by atoms with E-state index in [0.29, 0.717) is 0 Å². The van der Waals surface area contributed by atoms with E-state index in [4.69, 9.17) is 9.47 Å². The highest BCUT2D eigenvalue weighted by atomic mass is 16.5. The van der Waals surface area contributed by atoms with Crippen LogP contribution >= 0.6 is 0 Å². The molecule has 0 aliphatic heterocycles. The fourth-order valence-electron chi connectivity index (χ4n) is 2.83. The summed E-state index contributed by atoms with van der Waals surface area (Å²) >= 11 is 0. The second-order valence-electron chi connectivity index (χ2n) is 6.19. The number of hydrogen-bond acceptors (Lipinski definition) is 2. The van der Waals surface area contributed by atoms with E-state index in [1.165, 1.54) is 22.3 Å². The van der Waals surface area contributed by atoms with Crippen LogP contribution in [0, 0.1) is 0 Å². The van der Waals surface area contributed by atoms with Crippen LogP contribution in [0.3, 0.4) is 0 Å². The molecule has 4 aromatic carbocycles. The lowest BCUT2D eigenvalue weighted by Crippen LogP contribution is -1.84. The third-order valence-electron chi connectivity index (χ3n) is 4.39. The number of rotatable bonds is 4. The molecule has 2 nitrogen and oxygen atoms in total. The van der Waals surface area contributed by atoms with E-state index in [1.54, 1.807) is 14.2 Å². The van der Waals surface area contributed by atoms with Crippen LogP contribution in [0.15, 0.2) is 109 Å². The summed E-state index contributed by atoms with van der Waals surface area (Å²) in [6.45, 7) is 0. The van der Waals surface area contributed by atoms with Gasteiger partial charge < -0.3 is 9.47 Å². The molecule has 0 aliphatic carbocycles. The van der Waals surface area contributed by atoms with Crippen molar-refractivity contribution in [3.63, 3.8) is 0 Å². The molecular weight excluding hydrogens is 344 g/mol. The van der Waals surface area contributed by atoms with Gasteiger partial charge >= 0.3 is 0 Å². The van der Waals surface area contributed by atoms with Crippen molar-refractivity contribution in [1.29, 1.82) is 0 Å². The summed E-state index contributed by atoms with van der Waals surface area (Å²) in [5.74, 6) is 1.74. The van der Waals surface area contributed by atoms with Crippen molar-refractivity contribution in [2.45, 2.75) is 0 Å². The summed E-state index contributed by atoms with van der Waals surface area (Å²) in [4.78, 5) is 0. The van der Waals surface area contributed by atoms with Crippen molar-refractivity contribution in [1.82, 2.24) is 0 Å². The van der Waals surface area contributed by atoms with Crippen molar-refractivity contribution in [2.75, 3.05) is 14.2 Å².